The molecule has 2 heterocycles. The fraction of sp³-hybridized carbons (Fsp3) is 0.0741. The molecule has 0 aliphatic heterocycles. The van der Waals surface area contributed by atoms with Gasteiger partial charge >= 0.3 is 0 Å². The largest absolute Gasteiger partial charge is 0.431 e. The number of benzene rings is 3. The van der Waals surface area contributed by atoms with Gasteiger partial charge in [0.05, 0.1) is 0 Å². The first kappa shape index (κ1) is 21.0. The Hall–Kier alpha value is -3.90. The number of pyridine rings is 1. The van der Waals surface area contributed by atoms with Crippen molar-refractivity contribution in [1.82, 2.24) is 9.97 Å². The molecule has 2 aromatic heterocycles. The lowest BCUT2D eigenvalue weighted by atomic mass is 10.1. The highest BCUT2D eigenvalue weighted by Crippen LogP contribution is 2.27. The van der Waals surface area contributed by atoms with Gasteiger partial charge in [-0.05, 0) is 65.6 Å². The molecule has 33 heavy (non-hydrogen) atoms. The summed E-state index contributed by atoms with van der Waals surface area (Å²) in [5.74, 6) is 0.451. The van der Waals surface area contributed by atoms with Crippen molar-refractivity contribution in [2.75, 3.05) is 5.32 Å². The molecule has 1 amide bonds. The monoisotopic (exact) mass is 451 g/mol. The van der Waals surface area contributed by atoms with Crippen molar-refractivity contribution in [1.29, 1.82) is 0 Å². The van der Waals surface area contributed by atoms with Crippen LogP contribution in [0.25, 0.3) is 11.1 Å². The topological polar surface area (TPSA) is 68.0 Å². The van der Waals surface area contributed by atoms with Gasteiger partial charge in [-0.25, -0.2) is 4.98 Å². The van der Waals surface area contributed by atoms with Crippen LogP contribution in [-0.2, 0) is 12.2 Å². The highest BCUT2D eigenvalue weighted by Gasteiger charge is 2.13. The smallest absolute Gasteiger partial charge is 0.257 e. The average molecular weight is 452 g/mol. The summed E-state index contributed by atoms with van der Waals surface area (Å²) in [5.41, 5.74) is 6.30. The number of amides is 1. The molecular weight excluding hydrogens is 430 g/mol. The normalized spacial score (nSPS) is 10.9. The Kier molecular flexibility index (Phi) is 6.17. The van der Waals surface area contributed by atoms with E-state index in [9.17, 15) is 4.79 Å². The van der Waals surface area contributed by atoms with E-state index < -0.39 is 0 Å². The Morgan fingerprint density at radius 2 is 1.58 bits per heavy atom. The molecule has 0 spiro atoms. The minimum atomic E-state index is -0.134. The number of thioether (sulfide) groups is 1. The Morgan fingerprint density at radius 1 is 0.848 bits per heavy atom. The van der Waals surface area contributed by atoms with Crippen LogP contribution in [0.4, 0.5) is 5.69 Å². The lowest BCUT2D eigenvalue weighted by molar-refractivity contribution is 0.102. The number of hydrogen-bond acceptors (Lipinski definition) is 5. The van der Waals surface area contributed by atoms with E-state index in [4.69, 9.17) is 4.42 Å². The van der Waals surface area contributed by atoms with Crippen molar-refractivity contribution < 1.29 is 9.21 Å². The number of nitrogens with one attached hydrogen (secondary N) is 1. The number of aromatic nitrogens is 2. The molecule has 5 nitrogen and oxygen atoms in total. The third-order valence-corrected chi connectivity index (χ3v) is 6.13. The number of carbonyl (C=O) groups excluding carboxylic acids is 1. The Balaban J connectivity index is 1.25. The molecule has 0 fully saturated rings. The van der Waals surface area contributed by atoms with Crippen molar-refractivity contribution >= 4 is 34.5 Å². The third kappa shape index (κ3) is 5.13. The van der Waals surface area contributed by atoms with Gasteiger partial charge < -0.3 is 9.73 Å². The van der Waals surface area contributed by atoms with Gasteiger partial charge in [0.25, 0.3) is 11.1 Å². The van der Waals surface area contributed by atoms with Gasteiger partial charge in [-0.2, -0.15) is 0 Å². The van der Waals surface area contributed by atoms with E-state index in [0.717, 1.165) is 28.8 Å². The number of nitrogens with zero attached hydrogens (tertiary/aromatic N) is 2. The van der Waals surface area contributed by atoms with Crippen molar-refractivity contribution in [2.24, 2.45) is 0 Å². The Labute approximate surface area is 195 Å². The van der Waals surface area contributed by atoms with Crippen LogP contribution in [0, 0.1) is 0 Å². The van der Waals surface area contributed by atoms with E-state index >= 15 is 0 Å². The van der Waals surface area contributed by atoms with Crippen LogP contribution in [0.1, 0.15) is 27.0 Å². The zero-order valence-electron chi connectivity index (χ0n) is 17.8. The van der Waals surface area contributed by atoms with E-state index in [1.807, 2.05) is 84.9 Å². The second-order valence-electron chi connectivity index (χ2n) is 7.58. The molecule has 1 N–H and O–H groups in total. The number of oxazole rings is 1. The van der Waals surface area contributed by atoms with Crippen molar-refractivity contribution in [3.05, 3.63) is 120 Å². The summed E-state index contributed by atoms with van der Waals surface area (Å²) in [7, 11) is 0. The van der Waals surface area contributed by atoms with Crippen LogP contribution >= 0.6 is 11.8 Å². The molecule has 162 valence electrons. The maximum Gasteiger partial charge on any atom is 0.257 e. The number of carbonyl (C=O) groups is 1. The molecule has 0 saturated heterocycles. The van der Waals surface area contributed by atoms with Crippen LogP contribution in [0.5, 0.6) is 0 Å². The SMILES string of the molecule is O=C(Nc1ccc(Cc2ccncc2)cc1)c1ccccc1CSc1nc2ccccc2o1. The number of anilines is 1. The summed E-state index contributed by atoms with van der Waals surface area (Å²) in [4.78, 5) is 21.5. The molecule has 0 unspecified atom stereocenters. The fourth-order valence-corrected chi connectivity index (χ4v) is 4.40. The molecule has 0 radical (unpaired) electrons. The molecule has 5 aromatic rings. The second-order valence-corrected chi connectivity index (χ2v) is 8.50. The van der Waals surface area contributed by atoms with E-state index in [-0.39, 0.29) is 5.91 Å². The summed E-state index contributed by atoms with van der Waals surface area (Å²) in [6.45, 7) is 0. The van der Waals surface area contributed by atoms with Crippen LogP contribution in [0.3, 0.4) is 0 Å². The molecule has 6 heteroatoms. The Morgan fingerprint density at radius 3 is 2.39 bits per heavy atom. The summed E-state index contributed by atoms with van der Waals surface area (Å²) >= 11 is 1.48. The van der Waals surface area contributed by atoms with E-state index in [0.29, 0.717) is 16.5 Å². The first-order valence-corrected chi connectivity index (χ1v) is 11.6. The summed E-state index contributed by atoms with van der Waals surface area (Å²) < 4.78 is 5.79. The second kappa shape index (κ2) is 9.71. The first-order chi connectivity index (χ1) is 16.2. The molecule has 3 aromatic carbocycles. The van der Waals surface area contributed by atoms with Crippen LogP contribution in [-0.4, -0.2) is 15.9 Å². The van der Waals surface area contributed by atoms with Gasteiger partial charge in [0.2, 0.25) is 0 Å². The lowest BCUT2D eigenvalue weighted by Crippen LogP contribution is -2.14. The molecule has 0 bridgehead atoms. The summed E-state index contributed by atoms with van der Waals surface area (Å²) in [5, 5.41) is 3.61. The molecule has 0 aliphatic carbocycles. The maximum absolute atomic E-state index is 13.0. The average Bonchev–Trinajstić information content (AvgIpc) is 3.28. The molecule has 0 aliphatic rings. The summed E-state index contributed by atoms with van der Waals surface area (Å²) in [6.07, 6.45) is 4.42. The van der Waals surface area contributed by atoms with Gasteiger partial charge in [-0.3, -0.25) is 9.78 Å². The van der Waals surface area contributed by atoms with Crippen molar-refractivity contribution in [3.8, 4) is 0 Å². The van der Waals surface area contributed by atoms with Gasteiger partial charge in [0, 0.05) is 29.4 Å². The highest BCUT2D eigenvalue weighted by atomic mass is 32.2. The van der Waals surface area contributed by atoms with E-state index in [1.165, 1.54) is 22.9 Å². The van der Waals surface area contributed by atoms with Gasteiger partial charge in [-0.1, -0.05) is 54.2 Å². The fourth-order valence-electron chi connectivity index (χ4n) is 3.56. The van der Waals surface area contributed by atoms with Crippen LogP contribution < -0.4 is 5.32 Å². The number of rotatable bonds is 7. The van der Waals surface area contributed by atoms with Gasteiger partial charge in [0.1, 0.15) is 5.52 Å². The van der Waals surface area contributed by atoms with E-state index in [1.54, 1.807) is 12.4 Å². The zero-order chi connectivity index (χ0) is 22.5. The maximum atomic E-state index is 13.0. The number of fused-ring (bicyclic) bond motifs is 1. The van der Waals surface area contributed by atoms with E-state index in [2.05, 4.69) is 15.3 Å². The molecular formula is C27H21N3O2S. The third-order valence-electron chi connectivity index (χ3n) is 5.26. The minimum absolute atomic E-state index is 0.134. The van der Waals surface area contributed by atoms with Gasteiger partial charge in [-0.15, -0.1) is 0 Å². The van der Waals surface area contributed by atoms with Crippen molar-refractivity contribution in [2.45, 2.75) is 17.4 Å². The van der Waals surface area contributed by atoms with Crippen molar-refractivity contribution in [3.63, 3.8) is 0 Å². The molecule has 0 saturated carbocycles. The number of hydrogen-bond donors (Lipinski definition) is 1. The predicted molar refractivity (Wildman–Crippen MR) is 131 cm³/mol. The lowest BCUT2D eigenvalue weighted by Gasteiger charge is -2.10. The zero-order valence-corrected chi connectivity index (χ0v) is 18.6. The quantitative estimate of drug-likeness (QED) is 0.292. The first-order valence-electron chi connectivity index (χ1n) is 10.6. The molecule has 5 rings (SSSR count). The predicted octanol–water partition coefficient (Wildman–Crippen LogP) is 6.36. The summed E-state index contributed by atoms with van der Waals surface area (Å²) in [6, 6.07) is 27.2. The number of para-hydroxylation sites is 2. The standard InChI is InChI=1S/C27H21N3O2S/c31-26(29-22-11-9-19(10-12-22)17-20-13-15-28-16-14-20)23-6-2-1-5-21(23)18-33-27-30-24-7-3-4-8-25(24)32-27/h1-16H,17-18H2,(H,29,31). The molecule has 0 atom stereocenters. The van der Waals surface area contributed by atoms with Gasteiger partial charge in [0.15, 0.2) is 5.58 Å². The van der Waals surface area contributed by atoms with Crippen LogP contribution in [0.15, 0.2) is 107 Å². The van der Waals surface area contributed by atoms with Crippen LogP contribution in [0.2, 0.25) is 0 Å². The Bertz CT molecular complexity index is 1350. The highest BCUT2D eigenvalue weighted by molar-refractivity contribution is 7.98. The minimum Gasteiger partial charge on any atom is -0.431 e.